The highest BCUT2D eigenvalue weighted by Gasteiger charge is 2.18. The average Bonchev–Trinajstić information content (AvgIpc) is 2.97. The van der Waals surface area contributed by atoms with E-state index in [-0.39, 0.29) is 0 Å². The van der Waals surface area contributed by atoms with Crippen molar-refractivity contribution in [3.8, 4) is 11.5 Å². The zero-order valence-electron chi connectivity index (χ0n) is 11.1. The Hall–Kier alpha value is -1.52. The molecule has 1 aromatic heterocycles. The van der Waals surface area contributed by atoms with Crippen LogP contribution in [0.5, 0.6) is 11.5 Å². The molecule has 2 rings (SSSR count). The van der Waals surface area contributed by atoms with Crippen LogP contribution in [-0.2, 0) is 6.42 Å². The minimum Gasteiger partial charge on any atom is -0.496 e. The van der Waals surface area contributed by atoms with Crippen molar-refractivity contribution in [1.29, 1.82) is 0 Å². The van der Waals surface area contributed by atoms with Crippen LogP contribution in [0.3, 0.4) is 0 Å². The van der Waals surface area contributed by atoms with Crippen molar-refractivity contribution in [3.05, 3.63) is 46.2 Å². The Balaban J connectivity index is 2.15. The Kier molecular flexibility index (Phi) is 4.82. The fraction of sp³-hybridized carbons (Fsp3) is 0.333. The molecule has 1 heterocycles. The van der Waals surface area contributed by atoms with Gasteiger partial charge in [0.2, 0.25) is 0 Å². The molecule has 0 bridgehead atoms. The predicted molar refractivity (Wildman–Crippen MR) is 77.1 cm³/mol. The van der Waals surface area contributed by atoms with Gasteiger partial charge in [0, 0.05) is 4.88 Å². The number of ether oxygens (including phenoxy) is 2. The van der Waals surface area contributed by atoms with Crippen LogP contribution in [-0.4, -0.2) is 19.3 Å². The summed E-state index contributed by atoms with van der Waals surface area (Å²) in [6.45, 7) is 0. The van der Waals surface area contributed by atoms with E-state index < -0.39 is 6.10 Å². The highest BCUT2D eigenvalue weighted by molar-refractivity contribution is 7.09. The molecule has 102 valence electrons. The van der Waals surface area contributed by atoms with Crippen molar-refractivity contribution < 1.29 is 14.6 Å². The maximum Gasteiger partial charge on any atom is 0.128 e. The minimum atomic E-state index is -0.590. The maximum atomic E-state index is 10.4. The van der Waals surface area contributed by atoms with E-state index in [0.717, 1.165) is 12.0 Å². The van der Waals surface area contributed by atoms with Gasteiger partial charge in [0.05, 0.1) is 25.9 Å². The summed E-state index contributed by atoms with van der Waals surface area (Å²) < 4.78 is 10.6. The highest BCUT2D eigenvalue weighted by atomic mass is 32.1. The molecular weight excluding hydrogens is 260 g/mol. The number of benzene rings is 1. The van der Waals surface area contributed by atoms with E-state index in [4.69, 9.17) is 9.47 Å². The number of rotatable bonds is 6. The van der Waals surface area contributed by atoms with E-state index in [1.54, 1.807) is 25.6 Å². The van der Waals surface area contributed by atoms with E-state index in [1.165, 1.54) is 4.88 Å². The fourth-order valence-corrected chi connectivity index (χ4v) is 2.81. The molecule has 0 aliphatic carbocycles. The molecule has 0 fully saturated rings. The number of thiophene rings is 1. The van der Waals surface area contributed by atoms with Crippen molar-refractivity contribution in [1.82, 2.24) is 0 Å². The van der Waals surface area contributed by atoms with Crippen LogP contribution < -0.4 is 9.47 Å². The van der Waals surface area contributed by atoms with Gasteiger partial charge in [-0.25, -0.2) is 0 Å². The highest BCUT2D eigenvalue weighted by Crippen LogP contribution is 2.36. The lowest BCUT2D eigenvalue weighted by molar-refractivity contribution is 0.159. The summed E-state index contributed by atoms with van der Waals surface area (Å²) in [6, 6.07) is 9.64. The Morgan fingerprint density at radius 2 is 1.79 bits per heavy atom. The molecule has 0 radical (unpaired) electrons. The first-order valence-corrected chi connectivity index (χ1v) is 7.05. The van der Waals surface area contributed by atoms with Crippen LogP contribution in [0.4, 0.5) is 0 Å². The molecule has 0 saturated carbocycles. The van der Waals surface area contributed by atoms with Gasteiger partial charge in [-0.2, -0.15) is 0 Å². The molecule has 0 amide bonds. The first kappa shape index (κ1) is 13.9. The maximum absolute atomic E-state index is 10.4. The summed E-state index contributed by atoms with van der Waals surface area (Å²) in [5.74, 6) is 1.33. The van der Waals surface area contributed by atoms with Crippen molar-refractivity contribution >= 4 is 11.3 Å². The van der Waals surface area contributed by atoms with Gasteiger partial charge in [-0.15, -0.1) is 11.3 Å². The first-order valence-electron chi connectivity index (χ1n) is 6.17. The summed E-state index contributed by atoms with van der Waals surface area (Å²) in [5.41, 5.74) is 0.726. The Bertz CT molecular complexity index is 486. The van der Waals surface area contributed by atoms with E-state index in [1.807, 2.05) is 29.6 Å². The number of aryl methyl sites for hydroxylation is 1. The summed E-state index contributed by atoms with van der Waals surface area (Å²) >= 11 is 1.71. The number of hydrogen-bond acceptors (Lipinski definition) is 4. The third kappa shape index (κ3) is 3.28. The van der Waals surface area contributed by atoms with Gasteiger partial charge in [-0.05, 0) is 36.4 Å². The quantitative estimate of drug-likeness (QED) is 0.879. The zero-order valence-corrected chi connectivity index (χ0v) is 11.9. The van der Waals surface area contributed by atoms with Crippen LogP contribution in [0.15, 0.2) is 35.7 Å². The van der Waals surface area contributed by atoms with Crippen molar-refractivity contribution in [2.24, 2.45) is 0 Å². The van der Waals surface area contributed by atoms with E-state index in [9.17, 15) is 5.11 Å². The van der Waals surface area contributed by atoms with E-state index >= 15 is 0 Å². The number of aliphatic hydroxyl groups is 1. The molecule has 1 atom stereocenters. The van der Waals surface area contributed by atoms with Crippen LogP contribution in [0.1, 0.15) is 23.0 Å². The average molecular weight is 278 g/mol. The summed E-state index contributed by atoms with van der Waals surface area (Å²) in [7, 11) is 3.20. The van der Waals surface area contributed by atoms with Gasteiger partial charge >= 0.3 is 0 Å². The van der Waals surface area contributed by atoms with Gasteiger partial charge in [-0.1, -0.05) is 12.1 Å². The monoisotopic (exact) mass is 278 g/mol. The topological polar surface area (TPSA) is 38.7 Å². The Morgan fingerprint density at radius 1 is 1.11 bits per heavy atom. The van der Waals surface area contributed by atoms with Crippen LogP contribution in [0.2, 0.25) is 0 Å². The van der Waals surface area contributed by atoms with Crippen molar-refractivity contribution in [3.63, 3.8) is 0 Å². The lowest BCUT2D eigenvalue weighted by Gasteiger charge is -2.17. The lowest BCUT2D eigenvalue weighted by atomic mass is 10.0. The second-order valence-electron chi connectivity index (χ2n) is 4.21. The number of methoxy groups -OCH3 is 2. The fourth-order valence-electron chi connectivity index (χ4n) is 2.09. The zero-order chi connectivity index (χ0) is 13.7. The molecule has 2 aromatic rings. The third-order valence-electron chi connectivity index (χ3n) is 3.04. The molecule has 1 aromatic carbocycles. The van der Waals surface area contributed by atoms with Gasteiger partial charge in [0.1, 0.15) is 11.5 Å². The summed E-state index contributed by atoms with van der Waals surface area (Å²) in [4.78, 5) is 1.27. The third-order valence-corrected chi connectivity index (χ3v) is 3.98. The molecule has 0 aliphatic heterocycles. The second-order valence-corrected chi connectivity index (χ2v) is 5.24. The van der Waals surface area contributed by atoms with Crippen molar-refractivity contribution in [2.45, 2.75) is 18.9 Å². The molecule has 4 heteroatoms. The van der Waals surface area contributed by atoms with Crippen molar-refractivity contribution in [2.75, 3.05) is 14.2 Å². The lowest BCUT2D eigenvalue weighted by Crippen LogP contribution is -2.04. The molecule has 0 aliphatic rings. The Morgan fingerprint density at radius 3 is 2.32 bits per heavy atom. The first-order chi connectivity index (χ1) is 9.26. The molecule has 0 saturated heterocycles. The van der Waals surface area contributed by atoms with Crippen LogP contribution in [0, 0.1) is 0 Å². The van der Waals surface area contributed by atoms with Crippen LogP contribution >= 0.6 is 11.3 Å². The SMILES string of the molecule is COc1cccc(OC)c1C(O)CCc1cccs1. The van der Waals surface area contributed by atoms with Gasteiger partial charge in [0.25, 0.3) is 0 Å². The number of aliphatic hydroxyl groups excluding tert-OH is 1. The van der Waals surface area contributed by atoms with E-state index in [2.05, 4.69) is 6.07 Å². The second kappa shape index (κ2) is 6.59. The smallest absolute Gasteiger partial charge is 0.128 e. The standard InChI is InChI=1S/C15H18O3S/c1-17-13-6-3-7-14(18-2)15(13)12(16)9-8-11-5-4-10-19-11/h3-7,10,12,16H,8-9H2,1-2H3. The Labute approximate surface area is 117 Å². The van der Waals surface area contributed by atoms with Crippen LogP contribution in [0.25, 0.3) is 0 Å². The summed E-state index contributed by atoms with van der Waals surface area (Å²) in [5, 5.41) is 12.4. The molecule has 19 heavy (non-hydrogen) atoms. The molecule has 3 nitrogen and oxygen atoms in total. The van der Waals surface area contributed by atoms with Gasteiger partial charge in [-0.3, -0.25) is 0 Å². The predicted octanol–water partition coefficient (Wildman–Crippen LogP) is 3.43. The molecule has 1 N–H and O–H groups in total. The number of hydrogen-bond donors (Lipinski definition) is 1. The summed E-state index contributed by atoms with van der Waals surface area (Å²) in [6.07, 6.45) is 0.908. The van der Waals surface area contributed by atoms with Gasteiger partial charge < -0.3 is 14.6 Å². The normalized spacial score (nSPS) is 12.2. The largest absolute Gasteiger partial charge is 0.496 e. The molecule has 0 spiro atoms. The minimum absolute atomic E-state index is 0.590. The van der Waals surface area contributed by atoms with Gasteiger partial charge in [0.15, 0.2) is 0 Å². The molecule has 1 unspecified atom stereocenters. The van der Waals surface area contributed by atoms with E-state index in [0.29, 0.717) is 17.9 Å². The molecular formula is C15H18O3S.